The second kappa shape index (κ2) is 20.4. The highest BCUT2D eigenvalue weighted by Gasteiger charge is 2.48. The van der Waals surface area contributed by atoms with E-state index in [4.69, 9.17) is 19.4 Å². The van der Waals surface area contributed by atoms with Gasteiger partial charge in [0.1, 0.15) is 33.3 Å². The molecule has 1 saturated heterocycles. The number of ether oxygens (including phenoxy) is 2. The van der Waals surface area contributed by atoms with Crippen LogP contribution >= 0.6 is 11.3 Å². The highest BCUT2D eigenvalue weighted by molar-refractivity contribution is 7.10. The van der Waals surface area contributed by atoms with Crippen LogP contribution in [0.15, 0.2) is 54.6 Å². The van der Waals surface area contributed by atoms with E-state index in [0.717, 1.165) is 44.7 Å². The van der Waals surface area contributed by atoms with Crippen molar-refractivity contribution in [1.82, 2.24) is 45.0 Å². The summed E-state index contributed by atoms with van der Waals surface area (Å²) in [6.07, 6.45) is 4.96. The molecule has 18 heteroatoms. The Kier molecular flexibility index (Phi) is 15.2. The Balaban J connectivity index is 1.27. The van der Waals surface area contributed by atoms with Gasteiger partial charge < -0.3 is 38.9 Å². The van der Waals surface area contributed by atoms with E-state index in [-0.39, 0.29) is 61.0 Å². The van der Waals surface area contributed by atoms with E-state index in [1.165, 1.54) is 27.3 Å². The first-order valence-electron chi connectivity index (χ1n) is 23.5. The van der Waals surface area contributed by atoms with Crippen molar-refractivity contribution in [2.45, 2.75) is 116 Å². The number of carbonyl (C=O) groups excluding carboxylic acids is 5. The third-order valence-corrected chi connectivity index (χ3v) is 15.2. The molecule has 0 spiro atoms. The van der Waals surface area contributed by atoms with Crippen molar-refractivity contribution < 1.29 is 33.4 Å². The smallest absolute Gasteiger partial charge is 0.320 e. The lowest BCUT2D eigenvalue weighted by molar-refractivity contribution is -0.148. The van der Waals surface area contributed by atoms with E-state index >= 15 is 0 Å². The monoisotopic (exact) mass is 964 g/mol. The number of hydrogen-bond donors (Lipinski definition) is 2. The quantitative estimate of drug-likeness (QED) is 0.136. The van der Waals surface area contributed by atoms with Crippen molar-refractivity contribution >= 4 is 61.6 Å². The number of aryl methyl sites for hydroxylation is 1. The summed E-state index contributed by atoms with van der Waals surface area (Å²) in [7, 11) is 9.95. The zero-order valence-corrected chi connectivity index (χ0v) is 42.9. The highest BCUT2D eigenvalue weighted by atomic mass is 32.1. The average molecular weight is 965 g/mol. The molecular weight excluding hydrogens is 899 g/mol. The fraction of sp³-hybridized carbons (Fsp3) is 0.540. The molecule has 16 nitrogen and oxygen atoms in total. The van der Waals surface area contributed by atoms with Crippen LogP contribution in [0.25, 0.3) is 33.4 Å². The molecule has 7 rings (SSSR count). The number of pyridine rings is 1. The van der Waals surface area contributed by atoms with Crippen molar-refractivity contribution in [1.29, 1.82) is 0 Å². The first-order valence-corrected chi connectivity index (χ1v) is 24.8. The largest absolute Gasteiger partial charge is 0.378 e. The molecule has 1 saturated carbocycles. The number of likely N-dealkylation sites (N-methyl/N-ethyl adjacent to an activating group) is 3. The van der Waals surface area contributed by atoms with Gasteiger partial charge in [-0.05, 0) is 86.8 Å². The number of fused-ring (bicyclic) bond motifs is 6. The van der Waals surface area contributed by atoms with Crippen LogP contribution in [0, 0.1) is 11.3 Å². The normalized spacial score (nSPS) is 22.5. The summed E-state index contributed by atoms with van der Waals surface area (Å²) in [5, 5.41) is 7.76. The molecule has 3 aromatic heterocycles. The van der Waals surface area contributed by atoms with Gasteiger partial charge in [0.05, 0.1) is 53.5 Å². The van der Waals surface area contributed by atoms with Crippen molar-refractivity contribution in [2.24, 2.45) is 11.3 Å². The van der Waals surface area contributed by atoms with Crippen molar-refractivity contribution in [3.63, 3.8) is 0 Å². The van der Waals surface area contributed by atoms with E-state index in [1.54, 1.807) is 44.2 Å². The van der Waals surface area contributed by atoms with Crippen LogP contribution in [0.5, 0.6) is 0 Å². The Morgan fingerprint density at radius 2 is 1.85 bits per heavy atom. The molecule has 4 aromatic rings. The Labute approximate surface area is 407 Å². The topological polar surface area (TPSA) is 172 Å². The number of nitrogens with zero attached hydrogens (tertiary/aromatic N) is 7. The Morgan fingerprint density at radius 3 is 2.53 bits per heavy atom. The van der Waals surface area contributed by atoms with Crippen LogP contribution in [0.2, 0.25) is 0 Å². The van der Waals surface area contributed by atoms with Gasteiger partial charge in [0.25, 0.3) is 5.91 Å². The van der Waals surface area contributed by atoms with E-state index in [0.29, 0.717) is 43.8 Å². The van der Waals surface area contributed by atoms with Crippen LogP contribution in [0.1, 0.15) is 83.2 Å². The number of thiazole rings is 1. The summed E-state index contributed by atoms with van der Waals surface area (Å²) in [5.74, 6) is -1.54. The summed E-state index contributed by atoms with van der Waals surface area (Å²) in [5.41, 5.74) is 8.26. The van der Waals surface area contributed by atoms with E-state index in [1.807, 2.05) is 32.2 Å². The number of carbonyl (C=O) groups is 5. The number of aromatic nitrogens is 3. The van der Waals surface area contributed by atoms with E-state index in [9.17, 15) is 24.0 Å². The molecule has 6 bridgehead atoms. The summed E-state index contributed by atoms with van der Waals surface area (Å²) in [6.45, 7) is 17.0. The van der Waals surface area contributed by atoms with Gasteiger partial charge in [0.15, 0.2) is 0 Å². The minimum absolute atomic E-state index is 0.0174. The van der Waals surface area contributed by atoms with Crippen LogP contribution in [0.3, 0.4) is 0 Å². The minimum Gasteiger partial charge on any atom is -0.378 e. The summed E-state index contributed by atoms with van der Waals surface area (Å²) in [6, 6.07) is 7.60. The maximum absolute atomic E-state index is 14.9. The summed E-state index contributed by atoms with van der Waals surface area (Å²) >= 11 is 1.40. The lowest BCUT2D eigenvalue weighted by Gasteiger charge is -2.43. The van der Waals surface area contributed by atoms with Gasteiger partial charge in [-0.15, -0.1) is 11.3 Å². The van der Waals surface area contributed by atoms with Gasteiger partial charge in [-0.3, -0.25) is 24.4 Å². The van der Waals surface area contributed by atoms with E-state index in [2.05, 4.69) is 77.2 Å². The molecule has 1 aromatic carbocycles. The SMILES string of the molecule is C=CC(=O)N(C)[C@@H]1C[C@H]1N(C)C(=O)N(C)[C@H](C(=O)N[C@H]1Cc2nc(cs2)-c2ccc3c(c2)c(c(-c2cccnc2[C@H](C)OC)n3CC)CC(C)(C)COC[C@]2(C(=O)[Si])CCCN(N2)C1=O)C(C)C. The van der Waals surface area contributed by atoms with Gasteiger partial charge >= 0.3 is 6.03 Å². The van der Waals surface area contributed by atoms with Crippen LogP contribution in [-0.4, -0.2) is 151 Å². The van der Waals surface area contributed by atoms with Gasteiger partial charge in [0, 0.05) is 81.4 Å². The zero-order chi connectivity index (χ0) is 49.4. The first-order chi connectivity index (χ1) is 32.3. The third-order valence-electron chi connectivity index (χ3n) is 13.9. The minimum atomic E-state index is -1.28. The molecule has 2 N–H and O–H groups in total. The maximum atomic E-state index is 14.9. The second-order valence-electron chi connectivity index (χ2n) is 19.7. The fourth-order valence-electron chi connectivity index (χ4n) is 9.99. The lowest BCUT2D eigenvalue weighted by atomic mass is 9.84. The number of nitrogens with one attached hydrogen (secondary N) is 2. The van der Waals surface area contributed by atoms with Gasteiger partial charge in [-0.2, -0.15) is 0 Å². The first kappa shape index (κ1) is 50.6. The number of hydrazine groups is 1. The maximum Gasteiger partial charge on any atom is 0.320 e. The Morgan fingerprint density at radius 1 is 1.12 bits per heavy atom. The van der Waals surface area contributed by atoms with Crippen molar-refractivity contribution in [3.05, 3.63) is 70.8 Å². The molecule has 3 aliphatic rings. The van der Waals surface area contributed by atoms with Gasteiger partial charge in [0.2, 0.25) is 11.8 Å². The standard InChI is InChI=1S/C50H66N9O7SSi/c1-12-41(60)55(8)38-24-39(38)56(9)48(64)57(10)43(29(3)4)45(61)53-35-23-40-52-36(26-67-40)31-17-18-37-33(22-31)34(44(58(37)13-2)32-16-14-20-51-42(32)30(5)65-11)25-49(6,7)27-66-28-50(47(63)68)19-15-21-59(54-50)46(35)62/h12,14,16-18,20,22,26,29-30,35,38-39,43,54H,1,13,15,19,21,23-25,27-28H2,2-11H3,(H,53,61)/t30-,35-,38+,39+,43-,50-/m0/s1. The van der Waals surface area contributed by atoms with Gasteiger partial charge in [-0.25, -0.2) is 15.2 Å². The molecule has 68 heavy (non-hydrogen) atoms. The molecule has 2 aliphatic heterocycles. The van der Waals surface area contributed by atoms with Gasteiger partial charge in [-0.1, -0.05) is 40.3 Å². The fourth-order valence-corrected chi connectivity index (χ4v) is 11.1. The summed E-state index contributed by atoms with van der Waals surface area (Å²) in [4.78, 5) is 83.9. The number of amides is 5. The lowest BCUT2D eigenvalue weighted by Crippen LogP contribution is -2.68. The predicted octanol–water partition coefficient (Wildman–Crippen LogP) is 5.53. The molecule has 363 valence electrons. The zero-order valence-electron chi connectivity index (χ0n) is 41.1. The van der Waals surface area contributed by atoms with Crippen LogP contribution in [-0.2, 0) is 48.0 Å². The highest BCUT2D eigenvalue weighted by Crippen LogP contribution is 2.42. The molecule has 3 radical (unpaired) electrons. The van der Waals surface area contributed by atoms with Crippen LogP contribution in [0.4, 0.5) is 4.79 Å². The van der Waals surface area contributed by atoms with Crippen LogP contribution < -0.4 is 10.7 Å². The molecule has 6 atom stereocenters. The Bertz CT molecular complexity index is 2580. The van der Waals surface area contributed by atoms with Crippen molar-refractivity contribution in [2.75, 3.05) is 48.0 Å². The summed E-state index contributed by atoms with van der Waals surface area (Å²) < 4.78 is 14.7. The number of methoxy groups -OCH3 is 1. The molecule has 2 fully saturated rings. The third kappa shape index (κ3) is 10.1. The second-order valence-corrected chi connectivity index (χ2v) is 21.1. The molecular formula is C50H66N9O7SSi. The number of hydrogen-bond acceptors (Lipinski definition) is 11. The molecule has 5 heterocycles. The van der Waals surface area contributed by atoms with Crippen molar-refractivity contribution in [3.8, 4) is 22.5 Å². The predicted molar refractivity (Wildman–Crippen MR) is 264 cm³/mol. The average Bonchev–Trinajstić information content (AvgIpc) is 3.88. The molecule has 0 unspecified atom stereocenters. The molecule has 5 amide bonds. The number of urea groups is 1. The molecule has 1 aliphatic carbocycles. The Hall–Kier alpha value is -5.27. The number of benzene rings is 1. The van der Waals surface area contributed by atoms with E-state index < -0.39 is 34.9 Å². The number of rotatable bonds is 12.